The fourth-order valence-corrected chi connectivity index (χ4v) is 1.30. The van der Waals surface area contributed by atoms with Crippen LogP contribution in [0.5, 0.6) is 0 Å². The van der Waals surface area contributed by atoms with Gasteiger partial charge >= 0.3 is 0 Å². The lowest BCUT2D eigenvalue weighted by atomic mass is 10.1. The van der Waals surface area contributed by atoms with E-state index < -0.39 is 0 Å². The average Bonchev–Trinajstić information content (AvgIpc) is 2.18. The van der Waals surface area contributed by atoms with Crippen LogP contribution in [0.4, 0.5) is 0 Å². The van der Waals surface area contributed by atoms with Crippen LogP contribution in [-0.4, -0.2) is 18.0 Å². The first-order valence-electron chi connectivity index (χ1n) is 5.17. The quantitative estimate of drug-likeness (QED) is 0.842. The van der Waals surface area contributed by atoms with Gasteiger partial charge in [-0.05, 0) is 31.5 Å². The standard InChI is InChI=1S/C12H17ClN2O/c1-12(2,14)8-15-11(16)7-9-3-5-10(13)6-4-9/h3-6H,7-8,14H2,1-2H3,(H,15,16). The molecule has 0 spiro atoms. The molecule has 1 aromatic rings. The van der Waals surface area contributed by atoms with Gasteiger partial charge in [0, 0.05) is 17.1 Å². The van der Waals surface area contributed by atoms with Crippen molar-refractivity contribution in [1.29, 1.82) is 0 Å². The van der Waals surface area contributed by atoms with Crippen molar-refractivity contribution in [2.45, 2.75) is 25.8 Å². The van der Waals surface area contributed by atoms with E-state index in [1.807, 2.05) is 26.0 Å². The number of nitrogens with one attached hydrogen (secondary N) is 1. The van der Waals surface area contributed by atoms with E-state index in [0.717, 1.165) is 5.56 Å². The third-order valence-corrected chi connectivity index (χ3v) is 2.27. The predicted molar refractivity (Wildman–Crippen MR) is 66.4 cm³/mol. The summed E-state index contributed by atoms with van der Waals surface area (Å²) in [5, 5.41) is 3.46. The van der Waals surface area contributed by atoms with Crippen molar-refractivity contribution in [3.05, 3.63) is 34.9 Å². The van der Waals surface area contributed by atoms with E-state index in [1.165, 1.54) is 0 Å². The van der Waals surface area contributed by atoms with Crippen molar-refractivity contribution < 1.29 is 4.79 Å². The molecule has 0 unspecified atom stereocenters. The first-order chi connectivity index (χ1) is 7.37. The van der Waals surface area contributed by atoms with Gasteiger partial charge in [0.05, 0.1) is 6.42 Å². The number of hydrogen-bond donors (Lipinski definition) is 2. The Bertz CT molecular complexity index is 354. The van der Waals surface area contributed by atoms with Crippen LogP contribution in [0.1, 0.15) is 19.4 Å². The lowest BCUT2D eigenvalue weighted by molar-refractivity contribution is -0.120. The zero-order valence-electron chi connectivity index (χ0n) is 9.59. The highest BCUT2D eigenvalue weighted by Gasteiger charge is 2.12. The maximum absolute atomic E-state index is 11.5. The van der Waals surface area contributed by atoms with E-state index >= 15 is 0 Å². The molecule has 0 bridgehead atoms. The van der Waals surface area contributed by atoms with E-state index in [9.17, 15) is 4.79 Å². The molecule has 3 nitrogen and oxygen atoms in total. The summed E-state index contributed by atoms with van der Waals surface area (Å²) in [6, 6.07) is 7.24. The third kappa shape index (κ3) is 5.14. The van der Waals surface area contributed by atoms with Gasteiger partial charge in [-0.25, -0.2) is 0 Å². The Balaban J connectivity index is 2.43. The lowest BCUT2D eigenvalue weighted by Crippen LogP contribution is -2.45. The molecular formula is C12H17ClN2O. The minimum atomic E-state index is -0.379. The molecule has 1 aromatic carbocycles. The molecule has 0 atom stereocenters. The van der Waals surface area contributed by atoms with E-state index in [1.54, 1.807) is 12.1 Å². The number of carbonyl (C=O) groups is 1. The number of hydrogen-bond acceptors (Lipinski definition) is 2. The molecule has 0 aromatic heterocycles. The van der Waals surface area contributed by atoms with Crippen LogP contribution in [0.2, 0.25) is 5.02 Å². The molecule has 0 aliphatic rings. The van der Waals surface area contributed by atoms with Crippen molar-refractivity contribution in [3.8, 4) is 0 Å². The van der Waals surface area contributed by atoms with Crippen LogP contribution in [-0.2, 0) is 11.2 Å². The van der Waals surface area contributed by atoms with Gasteiger partial charge in [-0.15, -0.1) is 0 Å². The monoisotopic (exact) mass is 240 g/mol. The Morgan fingerprint density at radius 1 is 1.38 bits per heavy atom. The predicted octanol–water partition coefficient (Wildman–Crippen LogP) is 1.74. The molecule has 0 fully saturated rings. The normalized spacial score (nSPS) is 11.2. The summed E-state index contributed by atoms with van der Waals surface area (Å²) in [5.74, 6) is -0.0270. The molecule has 1 amide bonds. The number of carbonyl (C=O) groups excluding carboxylic acids is 1. The summed E-state index contributed by atoms with van der Waals surface area (Å²) in [7, 11) is 0. The second-order valence-corrected chi connectivity index (χ2v) is 5.00. The SMILES string of the molecule is CC(C)(N)CNC(=O)Cc1ccc(Cl)cc1. The number of amides is 1. The molecule has 88 valence electrons. The number of rotatable bonds is 4. The van der Waals surface area contributed by atoms with Crippen molar-refractivity contribution in [2.75, 3.05) is 6.54 Å². The van der Waals surface area contributed by atoms with Gasteiger partial charge in [-0.2, -0.15) is 0 Å². The van der Waals surface area contributed by atoms with Crippen LogP contribution in [0.3, 0.4) is 0 Å². The Labute approximate surface area is 101 Å². The summed E-state index contributed by atoms with van der Waals surface area (Å²) in [6.45, 7) is 4.21. The molecule has 0 aliphatic heterocycles. The summed E-state index contributed by atoms with van der Waals surface area (Å²) in [4.78, 5) is 11.5. The molecular weight excluding hydrogens is 224 g/mol. The fraction of sp³-hybridized carbons (Fsp3) is 0.417. The highest BCUT2D eigenvalue weighted by molar-refractivity contribution is 6.30. The molecule has 3 N–H and O–H groups in total. The van der Waals surface area contributed by atoms with Gasteiger partial charge in [-0.1, -0.05) is 23.7 Å². The third-order valence-electron chi connectivity index (χ3n) is 2.02. The number of nitrogens with two attached hydrogens (primary N) is 1. The van der Waals surface area contributed by atoms with Crippen molar-refractivity contribution in [2.24, 2.45) is 5.73 Å². The molecule has 0 aliphatic carbocycles. The van der Waals surface area contributed by atoms with Crippen LogP contribution in [0.25, 0.3) is 0 Å². The van der Waals surface area contributed by atoms with Gasteiger partial charge in [0.25, 0.3) is 0 Å². The van der Waals surface area contributed by atoms with E-state index in [2.05, 4.69) is 5.32 Å². The van der Waals surface area contributed by atoms with E-state index in [4.69, 9.17) is 17.3 Å². The van der Waals surface area contributed by atoms with Crippen LogP contribution in [0, 0.1) is 0 Å². The molecule has 4 heteroatoms. The Morgan fingerprint density at radius 2 is 1.94 bits per heavy atom. The summed E-state index contributed by atoms with van der Waals surface area (Å²) in [5.41, 5.74) is 6.33. The first kappa shape index (κ1) is 13.0. The molecule has 0 saturated heterocycles. The Hall–Kier alpha value is -1.06. The highest BCUT2D eigenvalue weighted by atomic mass is 35.5. The maximum Gasteiger partial charge on any atom is 0.224 e. The number of halogens is 1. The van der Waals surface area contributed by atoms with E-state index in [0.29, 0.717) is 18.0 Å². The van der Waals surface area contributed by atoms with Crippen molar-refractivity contribution >= 4 is 17.5 Å². The zero-order chi connectivity index (χ0) is 12.2. The van der Waals surface area contributed by atoms with Gasteiger partial charge in [0.15, 0.2) is 0 Å². The summed E-state index contributed by atoms with van der Waals surface area (Å²) >= 11 is 5.75. The van der Waals surface area contributed by atoms with E-state index in [-0.39, 0.29) is 11.4 Å². The highest BCUT2D eigenvalue weighted by Crippen LogP contribution is 2.09. The van der Waals surface area contributed by atoms with Gasteiger partial charge < -0.3 is 11.1 Å². The molecule has 0 saturated carbocycles. The molecule has 16 heavy (non-hydrogen) atoms. The largest absolute Gasteiger partial charge is 0.354 e. The number of benzene rings is 1. The average molecular weight is 241 g/mol. The van der Waals surface area contributed by atoms with Gasteiger partial charge in [-0.3, -0.25) is 4.79 Å². The molecule has 0 heterocycles. The zero-order valence-corrected chi connectivity index (χ0v) is 10.3. The second-order valence-electron chi connectivity index (χ2n) is 4.57. The summed E-state index contributed by atoms with van der Waals surface area (Å²) < 4.78 is 0. The lowest BCUT2D eigenvalue weighted by Gasteiger charge is -2.18. The smallest absolute Gasteiger partial charge is 0.224 e. The second kappa shape index (κ2) is 5.32. The summed E-state index contributed by atoms with van der Waals surface area (Å²) in [6.07, 6.45) is 0.354. The minimum Gasteiger partial charge on any atom is -0.354 e. The maximum atomic E-state index is 11.5. The van der Waals surface area contributed by atoms with Gasteiger partial charge in [0.2, 0.25) is 5.91 Å². The van der Waals surface area contributed by atoms with Crippen molar-refractivity contribution in [3.63, 3.8) is 0 Å². The van der Waals surface area contributed by atoms with Crippen LogP contribution in [0.15, 0.2) is 24.3 Å². The van der Waals surface area contributed by atoms with Gasteiger partial charge in [0.1, 0.15) is 0 Å². The Morgan fingerprint density at radius 3 is 2.44 bits per heavy atom. The topological polar surface area (TPSA) is 55.1 Å². The van der Waals surface area contributed by atoms with Crippen molar-refractivity contribution in [1.82, 2.24) is 5.32 Å². The molecule has 1 rings (SSSR count). The Kier molecular flexibility index (Phi) is 4.33. The van der Waals surface area contributed by atoms with Crippen LogP contribution >= 0.6 is 11.6 Å². The first-order valence-corrected chi connectivity index (χ1v) is 5.55. The minimum absolute atomic E-state index is 0.0270. The fourth-order valence-electron chi connectivity index (χ4n) is 1.18. The van der Waals surface area contributed by atoms with Crippen LogP contribution < -0.4 is 11.1 Å². The molecule has 0 radical (unpaired) electrons.